The van der Waals surface area contributed by atoms with E-state index in [1.807, 2.05) is 54.6 Å². The predicted molar refractivity (Wildman–Crippen MR) is 157 cm³/mol. The van der Waals surface area contributed by atoms with Crippen LogP contribution in [-0.2, 0) is 6.54 Å². The summed E-state index contributed by atoms with van der Waals surface area (Å²) in [6, 6.07) is 22.1. The SMILES string of the molecule is C#Cc1ccc(-n2ncc3c(=O)n(CC4(O)CCN(C(=O)c5ccccc5-c5ccccc5N)CC4)cnc32)cc1. The molecule has 0 unspecified atom stereocenters. The second-order valence-electron chi connectivity index (χ2n) is 10.3. The van der Waals surface area contributed by atoms with Crippen molar-refractivity contribution in [1.82, 2.24) is 24.2 Å². The third kappa shape index (κ3) is 4.86. The number of nitrogen functional groups attached to an aromatic ring is 1. The van der Waals surface area contributed by atoms with E-state index in [2.05, 4.69) is 16.0 Å². The first-order valence-electron chi connectivity index (χ1n) is 13.3. The van der Waals surface area contributed by atoms with Crippen molar-refractivity contribution < 1.29 is 9.90 Å². The summed E-state index contributed by atoms with van der Waals surface area (Å²) in [5, 5.41) is 16.1. The molecule has 0 bridgehead atoms. The monoisotopic (exact) mass is 544 g/mol. The maximum absolute atomic E-state index is 13.5. The number of aromatic nitrogens is 4. The highest BCUT2D eigenvalue weighted by Gasteiger charge is 2.35. The highest BCUT2D eigenvalue weighted by Crippen LogP contribution is 2.31. The molecule has 6 rings (SSSR count). The number of aliphatic hydroxyl groups is 1. The Morgan fingerprint density at radius 1 is 1.00 bits per heavy atom. The molecule has 0 spiro atoms. The number of hydrogen-bond acceptors (Lipinski definition) is 6. The average Bonchev–Trinajstić information content (AvgIpc) is 3.44. The van der Waals surface area contributed by atoms with Crippen molar-refractivity contribution in [2.75, 3.05) is 18.8 Å². The van der Waals surface area contributed by atoms with Crippen LogP contribution in [0, 0.1) is 12.3 Å². The summed E-state index contributed by atoms with van der Waals surface area (Å²) in [6.07, 6.45) is 9.00. The number of anilines is 1. The Morgan fingerprint density at radius 3 is 2.39 bits per heavy atom. The quantitative estimate of drug-likeness (QED) is 0.258. The van der Waals surface area contributed by atoms with Crippen molar-refractivity contribution in [1.29, 1.82) is 0 Å². The van der Waals surface area contributed by atoms with Crippen LogP contribution >= 0.6 is 0 Å². The van der Waals surface area contributed by atoms with E-state index in [1.165, 1.54) is 17.1 Å². The van der Waals surface area contributed by atoms with E-state index in [9.17, 15) is 14.7 Å². The third-order valence-corrected chi connectivity index (χ3v) is 7.69. The highest BCUT2D eigenvalue weighted by molar-refractivity contribution is 6.02. The largest absolute Gasteiger partial charge is 0.398 e. The molecular formula is C32H28N6O3. The molecule has 1 saturated heterocycles. The lowest BCUT2D eigenvalue weighted by molar-refractivity contribution is -0.0299. The number of nitrogens with zero attached hydrogens (tertiary/aromatic N) is 5. The van der Waals surface area contributed by atoms with Crippen LogP contribution in [0.15, 0.2) is 90.1 Å². The van der Waals surface area contributed by atoms with Gasteiger partial charge >= 0.3 is 0 Å². The van der Waals surface area contributed by atoms with Gasteiger partial charge in [0.2, 0.25) is 0 Å². The molecule has 0 atom stereocenters. The maximum atomic E-state index is 13.5. The summed E-state index contributed by atoms with van der Waals surface area (Å²) in [5.74, 6) is 2.46. The molecule has 204 valence electrons. The molecule has 3 heterocycles. The molecule has 2 aromatic heterocycles. The van der Waals surface area contributed by atoms with Crippen LogP contribution in [0.3, 0.4) is 0 Å². The van der Waals surface area contributed by atoms with Gasteiger partial charge in [-0.05, 0) is 54.8 Å². The van der Waals surface area contributed by atoms with Crippen LogP contribution in [0.1, 0.15) is 28.8 Å². The molecule has 3 aromatic carbocycles. The summed E-state index contributed by atoms with van der Waals surface area (Å²) < 4.78 is 3.00. The molecule has 0 saturated carbocycles. The number of piperidine rings is 1. The van der Waals surface area contributed by atoms with Gasteiger partial charge in [-0.1, -0.05) is 42.3 Å². The Kier molecular flexibility index (Phi) is 6.61. The van der Waals surface area contributed by atoms with Gasteiger partial charge in [-0.25, -0.2) is 9.67 Å². The lowest BCUT2D eigenvalue weighted by Gasteiger charge is -2.38. The maximum Gasteiger partial charge on any atom is 0.264 e. The van der Waals surface area contributed by atoms with Gasteiger partial charge in [0, 0.05) is 35.5 Å². The van der Waals surface area contributed by atoms with Gasteiger partial charge in [0.1, 0.15) is 11.7 Å². The number of para-hydroxylation sites is 1. The van der Waals surface area contributed by atoms with Crippen molar-refractivity contribution in [2.45, 2.75) is 25.0 Å². The van der Waals surface area contributed by atoms with Crippen LogP contribution < -0.4 is 11.3 Å². The number of likely N-dealkylation sites (tertiary alicyclic amines) is 1. The van der Waals surface area contributed by atoms with Gasteiger partial charge in [0.15, 0.2) is 5.65 Å². The van der Waals surface area contributed by atoms with Gasteiger partial charge in [-0.3, -0.25) is 14.2 Å². The number of terminal acetylenes is 1. The lowest BCUT2D eigenvalue weighted by Crippen LogP contribution is -2.49. The number of amides is 1. The van der Waals surface area contributed by atoms with Crippen molar-refractivity contribution in [2.24, 2.45) is 0 Å². The Morgan fingerprint density at radius 2 is 1.68 bits per heavy atom. The van der Waals surface area contributed by atoms with Crippen LogP contribution in [0.4, 0.5) is 5.69 Å². The van der Waals surface area contributed by atoms with E-state index in [1.54, 1.807) is 27.8 Å². The summed E-state index contributed by atoms with van der Waals surface area (Å²) in [6.45, 7) is 0.768. The average molecular weight is 545 g/mol. The topological polar surface area (TPSA) is 119 Å². The molecular weight excluding hydrogens is 516 g/mol. The molecule has 0 radical (unpaired) electrons. The molecule has 1 aliphatic heterocycles. The normalized spacial score (nSPS) is 14.6. The van der Waals surface area contributed by atoms with Gasteiger partial charge in [-0.15, -0.1) is 6.42 Å². The zero-order valence-electron chi connectivity index (χ0n) is 22.3. The Labute approximate surface area is 236 Å². The van der Waals surface area contributed by atoms with Crippen molar-refractivity contribution >= 4 is 22.6 Å². The fourth-order valence-electron chi connectivity index (χ4n) is 5.37. The number of carbonyl (C=O) groups is 1. The van der Waals surface area contributed by atoms with Gasteiger partial charge in [0.25, 0.3) is 11.5 Å². The van der Waals surface area contributed by atoms with Crippen LogP contribution in [-0.4, -0.2) is 53.9 Å². The number of nitrogens with two attached hydrogens (primary N) is 1. The van der Waals surface area contributed by atoms with E-state index in [0.717, 1.165) is 22.4 Å². The predicted octanol–water partition coefficient (Wildman–Crippen LogP) is 3.48. The summed E-state index contributed by atoms with van der Waals surface area (Å²) in [7, 11) is 0. The number of benzene rings is 3. The van der Waals surface area contributed by atoms with Gasteiger partial charge in [-0.2, -0.15) is 5.10 Å². The lowest BCUT2D eigenvalue weighted by atomic mass is 9.90. The Hall–Kier alpha value is -5.20. The molecule has 1 aliphatic rings. The van der Waals surface area contributed by atoms with Gasteiger partial charge < -0.3 is 15.7 Å². The van der Waals surface area contributed by atoms with Crippen LogP contribution in [0.2, 0.25) is 0 Å². The Bertz CT molecular complexity index is 1860. The smallest absolute Gasteiger partial charge is 0.264 e. The fourth-order valence-corrected chi connectivity index (χ4v) is 5.37. The number of carbonyl (C=O) groups excluding carboxylic acids is 1. The van der Waals surface area contributed by atoms with E-state index >= 15 is 0 Å². The standard InChI is InChI=1S/C32H28N6O3/c1-2-22-11-13-23(14-12-22)38-29-27(19-35-38)31(40)37(21-34-29)20-32(41)15-17-36(18-16-32)30(39)26-9-4-3-7-24(26)25-8-5-6-10-28(25)33/h1,3-14,19,21,41H,15-18,20,33H2. The van der Waals surface area contributed by atoms with Crippen LogP contribution in [0.25, 0.3) is 27.8 Å². The van der Waals surface area contributed by atoms with Crippen molar-refractivity contribution in [3.05, 3.63) is 107 Å². The molecule has 3 N–H and O–H groups in total. The first-order chi connectivity index (χ1) is 19.9. The second kappa shape index (κ2) is 10.4. The molecule has 0 aliphatic carbocycles. The first-order valence-corrected chi connectivity index (χ1v) is 13.3. The zero-order chi connectivity index (χ0) is 28.6. The number of fused-ring (bicyclic) bond motifs is 1. The molecule has 1 fully saturated rings. The number of hydrogen-bond donors (Lipinski definition) is 2. The molecule has 1 amide bonds. The molecule has 5 aromatic rings. The summed E-state index contributed by atoms with van der Waals surface area (Å²) in [5.41, 5.74) is 9.38. The summed E-state index contributed by atoms with van der Waals surface area (Å²) >= 11 is 0. The molecule has 41 heavy (non-hydrogen) atoms. The minimum atomic E-state index is -1.17. The van der Waals surface area contributed by atoms with Crippen LogP contribution in [0.5, 0.6) is 0 Å². The second-order valence-corrected chi connectivity index (χ2v) is 10.3. The zero-order valence-corrected chi connectivity index (χ0v) is 22.3. The van der Waals surface area contributed by atoms with E-state index < -0.39 is 5.60 Å². The van der Waals surface area contributed by atoms with Crippen molar-refractivity contribution in [3.63, 3.8) is 0 Å². The third-order valence-electron chi connectivity index (χ3n) is 7.69. The van der Waals surface area contributed by atoms with Gasteiger partial charge in [0.05, 0.1) is 24.0 Å². The molecule has 9 nitrogen and oxygen atoms in total. The number of rotatable bonds is 5. The van der Waals surface area contributed by atoms with Crippen molar-refractivity contribution in [3.8, 4) is 29.2 Å². The highest BCUT2D eigenvalue weighted by atomic mass is 16.3. The Balaban J connectivity index is 1.18. The van der Waals surface area contributed by atoms with E-state index in [-0.39, 0.29) is 18.0 Å². The first kappa shape index (κ1) is 26.0. The summed E-state index contributed by atoms with van der Waals surface area (Å²) in [4.78, 5) is 33.1. The minimum absolute atomic E-state index is 0.0655. The fraction of sp³-hybridized carbons (Fsp3) is 0.188. The minimum Gasteiger partial charge on any atom is -0.398 e. The molecule has 9 heteroatoms. The van der Waals surface area contributed by atoms with E-state index in [0.29, 0.717) is 48.2 Å². The van der Waals surface area contributed by atoms with E-state index in [4.69, 9.17) is 12.2 Å².